The molecule has 0 saturated carbocycles. The summed E-state index contributed by atoms with van der Waals surface area (Å²) in [6, 6.07) is 0. The van der Waals surface area contributed by atoms with Crippen LogP contribution in [0.3, 0.4) is 0 Å². The molecule has 6 heteroatoms. The van der Waals surface area contributed by atoms with Gasteiger partial charge < -0.3 is 18.9 Å². The minimum absolute atomic E-state index is 0.270. The van der Waals surface area contributed by atoms with Crippen molar-refractivity contribution in [1.82, 2.24) is 0 Å². The highest BCUT2D eigenvalue weighted by Crippen LogP contribution is 2.06. The Balaban J connectivity index is 4.85. The first-order chi connectivity index (χ1) is 7.12. The highest BCUT2D eigenvalue weighted by Gasteiger charge is 2.27. The molecule has 0 amide bonds. The SMILES string of the molecule is COC=C(C(=O)OC)C(=O)C(OC)OC. The number of ether oxygens (including phenoxy) is 4. The lowest BCUT2D eigenvalue weighted by molar-refractivity contribution is -0.155. The maximum atomic E-state index is 11.6. The molecule has 0 aromatic rings. The number of hydrogen-bond donors (Lipinski definition) is 0. The zero-order valence-electron chi connectivity index (χ0n) is 9.10. The molecule has 0 aliphatic heterocycles. The molecule has 0 heterocycles. The predicted molar refractivity (Wildman–Crippen MR) is 49.9 cm³/mol. The summed E-state index contributed by atoms with van der Waals surface area (Å²) in [5.74, 6) is -1.46. The van der Waals surface area contributed by atoms with E-state index in [0.29, 0.717) is 0 Å². The molecule has 15 heavy (non-hydrogen) atoms. The van der Waals surface area contributed by atoms with E-state index in [1.165, 1.54) is 21.3 Å². The molecule has 0 aromatic heterocycles. The van der Waals surface area contributed by atoms with E-state index in [9.17, 15) is 9.59 Å². The Hall–Kier alpha value is -1.40. The van der Waals surface area contributed by atoms with Crippen molar-refractivity contribution in [2.75, 3.05) is 28.4 Å². The summed E-state index contributed by atoms with van der Waals surface area (Å²) in [6.07, 6.45) is -0.162. The number of methoxy groups -OCH3 is 4. The first kappa shape index (κ1) is 13.6. The van der Waals surface area contributed by atoms with E-state index in [-0.39, 0.29) is 5.57 Å². The molecular formula is C9H14O6. The van der Waals surface area contributed by atoms with Crippen molar-refractivity contribution >= 4 is 11.8 Å². The van der Waals surface area contributed by atoms with Gasteiger partial charge in [-0.15, -0.1) is 0 Å². The Labute approximate surface area is 87.7 Å². The smallest absolute Gasteiger partial charge is 0.344 e. The summed E-state index contributed by atoms with van der Waals surface area (Å²) in [4.78, 5) is 22.8. The quantitative estimate of drug-likeness (QED) is 0.154. The van der Waals surface area contributed by atoms with Crippen molar-refractivity contribution in [2.24, 2.45) is 0 Å². The number of ketones is 1. The van der Waals surface area contributed by atoms with Gasteiger partial charge in [-0.2, -0.15) is 0 Å². The summed E-state index contributed by atoms with van der Waals surface area (Å²) >= 11 is 0. The van der Waals surface area contributed by atoms with Crippen LogP contribution in [0.15, 0.2) is 11.8 Å². The molecule has 0 aliphatic carbocycles. The topological polar surface area (TPSA) is 71.1 Å². The number of Topliss-reactive ketones (excluding diaryl/α,β-unsaturated/α-hetero) is 1. The van der Waals surface area contributed by atoms with E-state index >= 15 is 0 Å². The molecule has 0 saturated heterocycles. The Kier molecular flexibility index (Phi) is 6.32. The van der Waals surface area contributed by atoms with Crippen LogP contribution < -0.4 is 0 Å². The second kappa shape index (κ2) is 6.97. The lowest BCUT2D eigenvalue weighted by atomic mass is 10.2. The van der Waals surface area contributed by atoms with Gasteiger partial charge in [-0.05, 0) is 0 Å². The van der Waals surface area contributed by atoms with Crippen LogP contribution in [0.2, 0.25) is 0 Å². The van der Waals surface area contributed by atoms with Gasteiger partial charge in [0.05, 0.1) is 14.2 Å². The Bertz CT molecular complexity index is 253. The molecule has 0 radical (unpaired) electrons. The van der Waals surface area contributed by atoms with Crippen LogP contribution in [-0.4, -0.2) is 46.5 Å². The van der Waals surface area contributed by atoms with Crippen LogP contribution in [0.25, 0.3) is 0 Å². The van der Waals surface area contributed by atoms with Crippen molar-refractivity contribution in [3.05, 3.63) is 11.8 Å². The summed E-state index contributed by atoms with van der Waals surface area (Å²) in [5.41, 5.74) is -0.270. The maximum Gasteiger partial charge on any atom is 0.344 e. The lowest BCUT2D eigenvalue weighted by Gasteiger charge is -2.12. The van der Waals surface area contributed by atoms with Crippen LogP contribution in [0, 0.1) is 0 Å². The molecule has 0 N–H and O–H groups in total. The second-order valence-electron chi connectivity index (χ2n) is 2.43. The van der Waals surface area contributed by atoms with Gasteiger partial charge in [-0.3, -0.25) is 4.79 Å². The van der Waals surface area contributed by atoms with E-state index in [1.807, 2.05) is 0 Å². The molecule has 0 spiro atoms. The minimum Gasteiger partial charge on any atom is -0.503 e. The fourth-order valence-electron chi connectivity index (χ4n) is 0.872. The van der Waals surface area contributed by atoms with E-state index in [4.69, 9.17) is 9.47 Å². The highest BCUT2D eigenvalue weighted by molar-refractivity contribution is 6.18. The molecule has 0 bridgehead atoms. The largest absolute Gasteiger partial charge is 0.503 e. The normalized spacial score (nSPS) is 11.4. The molecule has 0 aromatic carbocycles. The zero-order valence-corrected chi connectivity index (χ0v) is 9.10. The fourth-order valence-corrected chi connectivity index (χ4v) is 0.872. The van der Waals surface area contributed by atoms with Crippen LogP contribution in [0.1, 0.15) is 0 Å². The van der Waals surface area contributed by atoms with E-state index < -0.39 is 18.0 Å². The number of rotatable bonds is 6. The highest BCUT2D eigenvalue weighted by atomic mass is 16.7. The number of hydrogen-bond acceptors (Lipinski definition) is 6. The molecule has 0 atom stereocenters. The lowest BCUT2D eigenvalue weighted by Crippen LogP contribution is -2.30. The van der Waals surface area contributed by atoms with Crippen molar-refractivity contribution < 1.29 is 28.5 Å². The Morgan fingerprint density at radius 2 is 1.60 bits per heavy atom. The summed E-state index contributed by atoms with van der Waals surface area (Å²) in [5, 5.41) is 0. The zero-order chi connectivity index (χ0) is 11.8. The van der Waals surface area contributed by atoms with Crippen molar-refractivity contribution in [3.63, 3.8) is 0 Å². The van der Waals surface area contributed by atoms with Gasteiger partial charge in [0.15, 0.2) is 0 Å². The van der Waals surface area contributed by atoms with Crippen LogP contribution in [0.4, 0.5) is 0 Å². The fraction of sp³-hybridized carbons (Fsp3) is 0.556. The van der Waals surface area contributed by atoms with Crippen molar-refractivity contribution in [3.8, 4) is 0 Å². The number of esters is 1. The Morgan fingerprint density at radius 1 is 1.07 bits per heavy atom. The molecule has 6 nitrogen and oxygen atoms in total. The first-order valence-corrected chi connectivity index (χ1v) is 4.03. The first-order valence-electron chi connectivity index (χ1n) is 4.03. The summed E-state index contributed by atoms with van der Waals surface area (Å²) in [7, 11) is 5.04. The molecule has 0 rings (SSSR count). The van der Waals surface area contributed by atoms with E-state index in [1.54, 1.807) is 0 Å². The maximum absolute atomic E-state index is 11.6. The third kappa shape index (κ3) is 3.69. The number of carbonyl (C=O) groups excluding carboxylic acids is 2. The second-order valence-corrected chi connectivity index (χ2v) is 2.43. The van der Waals surface area contributed by atoms with Gasteiger partial charge in [0.1, 0.15) is 11.8 Å². The predicted octanol–water partition coefficient (Wildman–Crippen LogP) is -0.122. The molecule has 0 aliphatic rings. The van der Waals surface area contributed by atoms with Gasteiger partial charge in [0, 0.05) is 14.2 Å². The molecule has 86 valence electrons. The van der Waals surface area contributed by atoms with Gasteiger partial charge in [-0.1, -0.05) is 0 Å². The minimum atomic E-state index is -1.15. The Morgan fingerprint density at radius 3 is 1.93 bits per heavy atom. The average molecular weight is 218 g/mol. The molecular weight excluding hydrogens is 204 g/mol. The van der Waals surface area contributed by atoms with Crippen LogP contribution in [-0.2, 0) is 28.5 Å². The standard InChI is InChI=1S/C9H14O6/c1-12-5-6(8(11)13-2)7(10)9(14-3)15-4/h5,9H,1-4H3. The van der Waals surface area contributed by atoms with Gasteiger partial charge in [-0.25, -0.2) is 4.79 Å². The van der Waals surface area contributed by atoms with Gasteiger partial charge in [0.2, 0.25) is 12.1 Å². The number of carbonyl (C=O) groups is 2. The van der Waals surface area contributed by atoms with Gasteiger partial charge >= 0.3 is 5.97 Å². The monoisotopic (exact) mass is 218 g/mol. The van der Waals surface area contributed by atoms with E-state index in [2.05, 4.69) is 9.47 Å². The van der Waals surface area contributed by atoms with Crippen LogP contribution in [0.5, 0.6) is 0 Å². The third-order valence-corrected chi connectivity index (χ3v) is 1.55. The third-order valence-electron chi connectivity index (χ3n) is 1.55. The summed E-state index contributed by atoms with van der Waals surface area (Å²) < 4.78 is 18.4. The summed E-state index contributed by atoms with van der Waals surface area (Å²) in [6.45, 7) is 0. The van der Waals surface area contributed by atoms with E-state index in [0.717, 1.165) is 13.4 Å². The van der Waals surface area contributed by atoms with Crippen molar-refractivity contribution in [1.29, 1.82) is 0 Å². The van der Waals surface area contributed by atoms with Crippen LogP contribution >= 0.6 is 0 Å². The molecule has 0 unspecified atom stereocenters. The van der Waals surface area contributed by atoms with Gasteiger partial charge in [0.25, 0.3) is 0 Å². The average Bonchev–Trinajstić information content (AvgIpc) is 2.26. The van der Waals surface area contributed by atoms with Crippen molar-refractivity contribution in [2.45, 2.75) is 6.29 Å². The molecule has 0 fully saturated rings.